The number of nitrogens with one attached hydrogen (secondary N) is 1. The van der Waals surface area contributed by atoms with Crippen LogP contribution >= 0.6 is 11.6 Å². The minimum atomic E-state index is 0.675. The molecule has 26 heavy (non-hydrogen) atoms. The maximum absolute atomic E-state index is 5.94. The van der Waals surface area contributed by atoms with Crippen LogP contribution in [-0.2, 0) is 6.54 Å². The molecule has 0 atom stereocenters. The molecule has 0 fully saturated rings. The van der Waals surface area contributed by atoms with Crippen molar-refractivity contribution in [3.05, 3.63) is 83.4 Å². The zero-order valence-electron chi connectivity index (χ0n) is 14.3. The SMILES string of the molecule is Cc1cc(-c2ccc3c(NCc4ccc(Cl)cc4)ncnc3c2)ccn1. The van der Waals surface area contributed by atoms with Gasteiger partial charge >= 0.3 is 0 Å². The molecule has 128 valence electrons. The predicted octanol–water partition coefficient (Wildman–Crippen LogP) is 5.27. The lowest BCUT2D eigenvalue weighted by Gasteiger charge is -2.10. The maximum Gasteiger partial charge on any atom is 0.137 e. The summed E-state index contributed by atoms with van der Waals surface area (Å²) in [5.41, 5.74) is 5.30. The molecule has 0 unspecified atom stereocenters. The van der Waals surface area contributed by atoms with E-state index in [1.807, 2.05) is 43.5 Å². The van der Waals surface area contributed by atoms with Gasteiger partial charge in [-0.05, 0) is 60.0 Å². The summed E-state index contributed by atoms with van der Waals surface area (Å²) < 4.78 is 0. The smallest absolute Gasteiger partial charge is 0.137 e. The zero-order chi connectivity index (χ0) is 17.9. The predicted molar refractivity (Wildman–Crippen MR) is 106 cm³/mol. The van der Waals surface area contributed by atoms with Gasteiger partial charge in [0.25, 0.3) is 0 Å². The number of benzene rings is 2. The maximum atomic E-state index is 5.94. The average molecular weight is 361 g/mol. The summed E-state index contributed by atoms with van der Waals surface area (Å²) in [6, 6.07) is 18.1. The van der Waals surface area contributed by atoms with Gasteiger partial charge in [0.05, 0.1) is 5.52 Å². The van der Waals surface area contributed by atoms with Gasteiger partial charge in [-0.3, -0.25) is 4.98 Å². The summed E-state index contributed by atoms with van der Waals surface area (Å²) in [6.45, 7) is 2.67. The summed E-state index contributed by atoms with van der Waals surface area (Å²) in [5.74, 6) is 0.822. The number of rotatable bonds is 4. The Balaban J connectivity index is 1.63. The van der Waals surface area contributed by atoms with Crippen molar-refractivity contribution in [3.8, 4) is 11.1 Å². The first kappa shape index (κ1) is 16.5. The first-order valence-electron chi connectivity index (χ1n) is 8.35. The number of anilines is 1. The van der Waals surface area contributed by atoms with E-state index in [0.717, 1.165) is 44.1 Å². The van der Waals surface area contributed by atoms with Crippen LogP contribution in [0.5, 0.6) is 0 Å². The van der Waals surface area contributed by atoms with Crippen molar-refractivity contribution < 1.29 is 0 Å². The van der Waals surface area contributed by atoms with Crippen molar-refractivity contribution in [1.82, 2.24) is 15.0 Å². The highest BCUT2D eigenvalue weighted by atomic mass is 35.5. The largest absolute Gasteiger partial charge is 0.365 e. The molecule has 4 rings (SSSR count). The van der Waals surface area contributed by atoms with E-state index < -0.39 is 0 Å². The third kappa shape index (κ3) is 3.51. The minimum Gasteiger partial charge on any atom is -0.365 e. The number of pyridine rings is 1. The molecule has 1 N–H and O–H groups in total. The van der Waals surface area contributed by atoms with E-state index in [1.54, 1.807) is 6.33 Å². The van der Waals surface area contributed by atoms with Crippen LogP contribution in [0.1, 0.15) is 11.3 Å². The number of aromatic nitrogens is 3. The highest BCUT2D eigenvalue weighted by Crippen LogP contribution is 2.26. The fourth-order valence-electron chi connectivity index (χ4n) is 2.89. The van der Waals surface area contributed by atoms with Gasteiger partial charge in [-0.15, -0.1) is 0 Å². The van der Waals surface area contributed by atoms with Gasteiger partial charge in [0, 0.05) is 28.8 Å². The molecule has 0 aliphatic carbocycles. The van der Waals surface area contributed by atoms with E-state index in [2.05, 4.69) is 44.5 Å². The van der Waals surface area contributed by atoms with Crippen molar-refractivity contribution in [1.29, 1.82) is 0 Å². The Hall–Kier alpha value is -2.98. The highest BCUT2D eigenvalue weighted by Gasteiger charge is 2.06. The van der Waals surface area contributed by atoms with E-state index in [0.29, 0.717) is 6.54 Å². The average Bonchev–Trinajstić information content (AvgIpc) is 2.67. The summed E-state index contributed by atoms with van der Waals surface area (Å²) in [4.78, 5) is 13.1. The number of aryl methyl sites for hydroxylation is 1. The zero-order valence-corrected chi connectivity index (χ0v) is 15.0. The molecule has 0 spiro atoms. The number of nitrogens with zero attached hydrogens (tertiary/aromatic N) is 3. The van der Waals surface area contributed by atoms with Gasteiger partial charge in [-0.2, -0.15) is 0 Å². The molecule has 4 nitrogen and oxygen atoms in total. The van der Waals surface area contributed by atoms with E-state index in [-0.39, 0.29) is 0 Å². The molecule has 2 aromatic heterocycles. The summed E-state index contributed by atoms with van der Waals surface area (Å²) >= 11 is 5.94. The Morgan fingerprint density at radius 1 is 0.885 bits per heavy atom. The van der Waals surface area contributed by atoms with Gasteiger partial charge in [-0.1, -0.05) is 29.8 Å². The van der Waals surface area contributed by atoms with Gasteiger partial charge in [-0.25, -0.2) is 9.97 Å². The second-order valence-corrected chi connectivity index (χ2v) is 6.56. The Labute approximate surface area is 156 Å². The third-order valence-electron chi connectivity index (χ3n) is 4.24. The van der Waals surface area contributed by atoms with E-state index in [1.165, 1.54) is 0 Å². The first-order valence-corrected chi connectivity index (χ1v) is 8.73. The molecule has 2 aromatic carbocycles. The molecule has 0 aliphatic rings. The van der Waals surface area contributed by atoms with Gasteiger partial charge in [0.2, 0.25) is 0 Å². The third-order valence-corrected chi connectivity index (χ3v) is 4.49. The number of hydrogen-bond donors (Lipinski definition) is 1. The lowest BCUT2D eigenvalue weighted by molar-refractivity contribution is 1.10. The van der Waals surface area contributed by atoms with Crippen molar-refractivity contribution >= 4 is 28.3 Å². The molecule has 0 bridgehead atoms. The fraction of sp³-hybridized carbons (Fsp3) is 0.0952. The molecular weight excluding hydrogens is 344 g/mol. The quantitative estimate of drug-likeness (QED) is 0.539. The van der Waals surface area contributed by atoms with Crippen LogP contribution < -0.4 is 5.32 Å². The van der Waals surface area contributed by atoms with Gasteiger partial charge in [0.15, 0.2) is 0 Å². The molecule has 0 amide bonds. The van der Waals surface area contributed by atoms with Crippen LogP contribution in [0, 0.1) is 6.92 Å². The van der Waals surface area contributed by atoms with Gasteiger partial charge < -0.3 is 5.32 Å². The molecular formula is C21H17ClN4. The van der Waals surface area contributed by atoms with Crippen LogP contribution in [0.15, 0.2) is 67.1 Å². The molecule has 0 saturated carbocycles. The first-order chi connectivity index (χ1) is 12.7. The van der Waals surface area contributed by atoms with Crippen LogP contribution in [0.2, 0.25) is 5.02 Å². The number of hydrogen-bond acceptors (Lipinski definition) is 4. The van der Waals surface area contributed by atoms with Crippen LogP contribution in [0.3, 0.4) is 0 Å². The Kier molecular flexibility index (Phi) is 4.50. The summed E-state index contributed by atoms with van der Waals surface area (Å²) in [6.07, 6.45) is 3.42. The fourth-order valence-corrected chi connectivity index (χ4v) is 3.02. The Morgan fingerprint density at radius 3 is 2.50 bits per heavy atom. The van der Waals surface area contributed by atoms with E-state index in [9.17, 15) is 0 Å². The van der Waals surface area contributed by atoms with Crippen molar-refractivity contribution in [3.63, 3.8) is 0 Å². The molecule has 0 radical (unpaired) electrons. The van der Waals surface area contributed by atoms with Gasteiger partial charge in [0.1, 0.15) is 12.1 Å². The molecule has 0 saturated heterocycles. The Bertz CT molecular complexity index is 1060. The van der Waals surface area contributed by atoms with Crippen LogP contribution in [0.4, 0.5) is 5.82 Å². The van der Waals surface area contributed by atoms with E-state index in [4.69, 9.17) is 11.6 Å². The monoisotopic (exact) mass is 360 g/mol. The van der Waals surface area contributed by atoms with Crippen LogP contribution in [0.25, 0.3) is 22.0 Å². The lowest BCUT2D eigenvalue weighted by atomic mass is 10.0. The molecule has 5 heteroatoms. The van der Waals surface area contributed by atoms with Crippen molar-refractivity contribution in [2.45, 2.75) is 13.5 Å². The van der Waals surface area contributed by atoms with Crippen molar-refractivity contribution in [2.75, 3.05) is 5.32 Å². The second kappa shape index (κ2) is 7.10. The topological polar surface area (TPSA) is 50.7 Å². The second-order valence-electron chi connectivity index (χ2n) is 6.12. The molecule has 4 aromatic rings. The minimum absolute atomic E-state index is 0.675. The highest BCUT2D eigenvalue weighted by molar-refractivity contribution is 6.30. The number of halogens is 1. The normalized spacial score (nSPS) is 10.8. The summed E-state index contributed by atoms with van der Waals surface area (Å²) in [5, 5.41) is 5.12. The molecule has 0 aliphatic heterocycles. The summed E-state index contributed by atoms with van der Waals surface area (Å²) in [7, 11) is 0. The van der Waals surface area contributed by atoms with Crippen molar-refractivity contribution in [2.24, 2.45) is 0 Å². The number of fused-ring (bicyclic) bond motifs is 1. The van der Waals surface area contributed by atoms with Crippen LogP contribution in [-0.4, -0.2) is 15.0 Å². The Morgan fingerprint density at radius 2 is 1.69 bits per heavy atom. The standard InChI is InChI=1S/C21H17ClN4/c1-14-10-17(8-9-23-14)16-4-7-19-20(11-16)25-13-26-21(19)24-12-15-2-5-18(22)6-3-15/h2-11,13H,12H2,1H3,(H,24,25,26). The molecule has 2 heterocycles. The van der Waals surface area contributed by atoms with E-state index >= 15 is 0 Å². The lowest BCUT2D eigenvalue weighted by Crippen LogP contribution is -2.02.